The molecule has 4 rings (SSSR count). The molecule has 1 saturated heterocycles. The van der Waals surface area contributed by atoms with Crippen LogP contribution in [-0.2, 0) is 11.4 Å². The van der Waals surface area contributed by atoms with Crippen LogP contribution in [0.4, 0.5) is 0 Å². The van der Waals surface area contributed by atoms with Crippen LogP contribution >= 0.6 is 24.0 Å². The highest BCUT2D eigenvalue weighted by Crippen LogP contribution is 2.30. The fraction of sp³-hybridized carbons (Fsp3) is 0.174. The SMILES string of the molecule is CCOc1cc(/C=N/N2C(=O)CSC2=S)ccc1OCc1cccc2ccccc12. The number of hydrogen-bond donors (Lipinski definition) is 0. The lowest BCUT2D eigenvalue weighted by molar-refractivity contribution is -0.123. The quantitative estimate of drug-likeness (QED) is 0.385. The molecule has 1 fully saturated rings. The average Bonchev–Trinajstić information content (AvgIpc) is 3.09. The van der Waals surface area contributed by atoms with Crippen molar-refractivity contribution < 1.29 is 14.3 Å². The van der Waals surface area contributed by atoms with E-state index in [1.807, 2.05) is 43.3 Å². The van der Waals surface area contributed by atoms with Crippen LogP contribution in [0.2, 0.25) is 0 Å². The van der Waals surface area contributed by atoms with Crippen molar-refractivity contribution in [1.29, 1.82) is 0 Å². The number of carbonyl (C=O) groups is 1. The first-order valence-electron chi connectivity index (χ1n) is 9.55. The molecule has 0 atom stereocenters. The molecule has 3 aromatic carbocycles. The molecule has 1 heterocycles. The summed E-state index contributed by atoms with van der Waals surface area (Å²) in [6, 6.07) is 20.0. The summed E-state index contributed by atoms with van der Waals surface area (Å²) in [6.45, 7) is 2.87. The van der Waals surface area contributed by atoms with Gasteiger partial charge in [0.25, 0.3) is 5.91 Å². The Balaban J connectivity index is 1.53. The van der Waals surface area contributed by atoms with Gasteiger partial charge in [0.05, 0.1) is 18.6 Å². The van der Waals surface area contributed by atoms with Crippen molar-refractivity contribution in [3.63, 3.8) is 0 Å². The smallest absolute Gasteiger partial charge is 0.259 e. The standard InChI is InChI=1S/C23H20N2O3S2/c1-2-27-21-12-16(13-24-25-22(26)15-30-23(25)29)10-11-20(21)28-14-18-8-5-7-17-6-3-4-9-19(17)18/h3-13H,2,14-15H2,1H3/b24-13+. The molecule has 1 aliphatic heterocycles. The Morgan fingerprint density at radius 2 is 1.93 bits per heavy atom. The van der Waals surface area contributed by atoms with Crippen LogP contribution in [-0.4, -0.2) is 33.8 Å². The highest BCUT2D eigenvalue weighted by molar-refractivity contribution is 8.23. The van der Waals surface area contributed by atoms with Gasteiger partial charge in [-0.2, -0.15) is 10.1 Å². The van der Waals surface area contributed by atoms with Crippen LogP contribution in [0, 0.1) is 0 Å². The number of nitrogens with zero attached hydrogens (tertiary/aromatic N) is 2. The summed E-state index contributed by atoms with van der Waals surface area (Å²) in [5, 5.41) is 7.82. The van der Waals surface area contributed by atoms with Crippen molar-refractivity contribution >= 4 is 51.2 Å². The summed E-state index contributed by atoms with van der Waals surface area (Å²) in [5.74, 6) is 1.51. The third-order valence-electron chi connectivity index (χ3n) is 4.58. The Hall–Kier alpha value is -2.90. The first kappa shape index (κ1) is 20.4. The van der Waals surface area contributed by atoms with Crippen LogP contribution in [0.3, 0.4) is 0 Å². The highest BCUT2D eigenvalue weighted by Gasteiger charge is 2.25. The van der Waals surface area contributed by atoms with Crippen LogP contribution in [0.15, 0.2) is 65.8 Å². The molecular weight excluding hydrogens is 416 g/mol. The third kappa shape index (κ3) is 4.47. The number of ether oxygens (including phenoxy) is 2. The van der Waals surface area contributed by atoms with E-state index in [-0.39, 0.29) is 5.91 Å². The largest absolute Gasteiger partial charge is 0.490 e. The Labute approximate surface area is 184 Å². The van der Waals surface area contributed by atoms with Gasteiger partial charge in [0, 0.05) is 0 Å². The Morgan fingerprint density at radius 3 is 2.73 bits per heavy atom. The van der Waals surface area contributed by atoms with E-state index in [1.165, 1.54) is 27.5 Å². The number of hydrogen-bond acceptors (Lipinski definition) is 6. The van der Waals surface area contributed by atoms with Gasteiger partial charge in [-0.3, -0.25) is 4.79 Å². The lowest BCUT2D eigenvalue weighted by Gasteiger charge is -2.14. The van der Waals surface area contributed by atoms with Gasteiger partial charge in [-0.1, -0.05) is 66.4 Å². The molecule has 152 valence electrons. The van der Waals surface area contributed by atoms with E-state index in [0.717, 1.165) is 11.1 Å². The van der Waals surface area contributed by atoms with Gasteiger partial charge in [0.15, 0.2) is 15.8 Å². The zero-order chi connectivity index (χ0) is 20.9. The van der Waals surface area contributed by atoms with Gasteiger partial charge in [-0.15, -0.1) is 0 Å². The molecule has 0 aliphatic carbocycles. The van der Waals surface area contributed by atoms with E-state index in [4.69, 9.17) is 21.7 Å². The van der Waals surface area contributed by atoms with Crippen LogP contribution in [0.5, 0.6) is 11.5 Å². The normalized spacial score (nSPS) is 14.1. The zero-order valence-corrected chi connectivity index (χ0v) is 18.0. The molecule has 0 N–H and O–H groups in total. The number of rotatable bonds is 7. The van der Waals surface area contributed by atoms with E-state index in [0.29, 0.717) is 34.8 Å². The topological polar surface area (TPSA) is 51.1 Å². The minimum Gasteiger partial charge on any atom is -0.490 e. The van der Waals surface area contributed by atoms with E-state index in [9.17, 15) is 4.79 Å². The van der Waals surface area contributed by atoms with Crippen LogP contribution in [0.1, 0.15) is 18.1 Å². The Morgan fingerprint density at radius 1 is 1.10 bits per heavy atom. The fourth-order valence-electron chi connectivity index (χ4n) is 3.15. The summed E-state index contributed by atoms with van der Waals surface area (Å²) < 4.78 is 12.3. The maximum atomic E-state index is 11.8. The molecule has 0 bridgehead atoms. The van der Waals surface area contributed by atoms with Crippen LogP contribution in [0.25, 0.3) is 10.8 Å². The number of thioether (sulfide) groups is 1. The molecule has 0 spiro atoms. The van der Waals surface area contributed by atoms with Crippen molar-refractivity contribution in [3.8, 4) is 11.5 Å². The summed E-state index contributed by atoms with van der Waals surface area (Å²) >= 11 is 6.46. The van der Waals surface area contributed by atoms with Gasteiger partial charge in [0.2, 0.25) is 0 Å². The van der Waals surface area contributed by atoms with Gasteiger partial charge in [-0.05, 0) is 47.0 Å². The molecule has 0 radical (unpaired) electrons. The average molecular weight is 437 g/mol. The van der Waals surface area contributed by atoms with Crippen molar-refractivity contribution in [3.05, 3.63) is 71.8 Å². The molecule has 3 aromatic rings. The summed E-state index contributed by atoms with van der Waals surface area (Å²) in [4.78, 5) is 11.8. The van der Waals surface area contributed by atoms with Gasteiger partial charge in [-0.25, -0.2) is 0 Å². The Kier molecular flexibility index (Phi) is 6.30. The molecule has 0 aromatic heterocycles. The number of hydrazone groups is 1. The second-order valence-corrected chi connectivity index (χ2v) is 8.18. The number of amides is 1. The molecular formula is C23H20N2O3S2. The second-order valence-electron chi connectivity index (χ2n) is 6.57. The second kappa shape index (κ2) is 9.28. The first-order valence-corrected chi connectivity index (χ1v) is 10.9. The van der Waals surface area contributed by atoms with Crippen molar-refractivity contribution in [2.45, 2.75) is 13.5 Å². The highest BCUT2D eigenvalue weighted by atomic mass is 32.2. The van der Waals surface area contributed by atoms with E-state index in [2.05, 4.69) is 29.4 Å². The lowest BCUT2D eigenvalue weighted by atomic mass is 10.1. The summed E-state index contributed by atoms with van der Waals surface area (Å²) in [7, 11) is 0. The van der Waals surface area contributed by atoms with Crippen molar-refractivity contribution in [1.82, 2.24) is 5.01 Å². The molecule has 1 aliphatic rings. The van der Waals surface area contributed by atoms with Crippen molar-refractivity contribution in [2.24, 2.45) is 5.10 Å². The molecule has 7 heteroatoms. The maximum absolute atomic E-state index is 11.8. The van der Waals surface area contributed by atoms with Gasteiger partial charge < -0.3 is 9.47 Å². The van der Waals surface area contributed by atoms with Crippen LogP contribution < -0.4 is 9.47 Å². The molecule has 0 saturated carbocycles. The molecule has 0 unspecified atom stereocenters. The molecule has 1 amide bonds. The molecule has 30 heavy (non-hydrogen) atoms. The predicted octanol–water partition coefficient (Wildman–Crippen LogP) is 5.01. The van der Waals surface area contributed by atoms with E-state index >= 15 is 0 Å². The fourth-order valence-corrected chi connectivity index (χ4v) is 4.12. The number of benzene rings is 3. The summed E-state index contributed by atoms with van der Waals surface area (Å²) in [5.41, 5.74) is 1.91. The number of carbonyl (C=O) groups excluding carboxylic acids is 1. The number of thiocarbonyl (C=S) groups is 1. The predicted molar refractivity (Wildman–Crippen MR) is 125 cm³/mol. The minimum atomic E-state index is -0.110. The van der Waals surface area contributed by atoms with E-state index in [1.54, 1.807) is 6.21 Å². The minimum absolute atomic E-state index is 0.110. The zero-order valence-electron chi connectivity index (χ0n) is 16.4. The van der Waals surface area contributed by atoms with E-state index < -0.39 is 0 Å². The monoisotopic (exact) mass is 436 g/mol. The van der Waals surface area contributed by atoms with Gasteiger partial charge >= 0.3 is 0 Å². The van der Waals surface area contributed by atoms with Crippen molar-refractivity contribution in [2.75, 3.05) is 12.4 Å². The first-order chi connectivity index (χ1) is 14.7. The third-order valence-corrected chi connectivity index (χ3v) is 5.92. The maximum Gasteiger partial charge on any atom is 0.259 e. The van der Waals surface area contributed by atoms with Gasteiger partial charge in [0.1, 0.15) is 6.61 Å². The molecule has 5 nitrogen and oxygen atoms in total. The lowest BCUT2D eigenvalue weighted by Crippen LogP contribution is -2.22. The summed E-state index contributed by atoms with van der Waals surface area (Å²) in [6.07, 6.45) is 1.60. The number of fused-ring (bicyclic) bond motifs is 1. The Bertz CT molecular complexity index is 1110.